The Morgan fingerprint density at radius 3 is 2.23 bits per heavy atom. The van der Waals surface area contributed by atoms with Gasteiger partial charge in [-0.3, -0.25) is 9.59 Å². The lowest BCUT2D eigenvalue weighted by atomic mass is 9.96. The molecule has 2 aromatic carbocycles. The van der Waals surface area contributed by atoms with E-state index < -0.39 is 5.54 Å². The number of rotatable bonds is 7. The van der Waals surface area contributed by atoms with Crippen LogP contribution in [0.25, 0.3) is 0 Å². The van der Waals surface area contributed by atoms with Crippen LogP contribution in [0.5, 0.6) is 17.2 Å². The van der Waals surface area contributed by atoms with Gasteiger partial charge in [-0.15, -0.1) is 0 Å². The van der Waals surface area contributed by atoms with Crippen molar-refractivity contribution in [2.45, 2.75) is 31.8 Å². The third-order valence-electron chi connectivity index (χ3n) is 5.38. The van der Waals surface area contributed by atoms with Crippen molar-refractivity contribution in [1.29, 1.82) is 0 Å². The molecule has 1 aliphatic heterocycles. The van der Waals surface area contributed by atoms with Crippen LogP contribution in [0.1, 0.15) is 25.3 Å². The molecule has 160 valence electrons. The quantitative estimate of drug-likeness (QED) is 0.653. The molecular weight excluding hydrogens is 452 g/mol. The Morgan fingerprint density at radius 1 is 1.10 bits per heavy atom. The molecular formula is C22H25BrN2O5. The molecule has 1 aliphatic rings. The fraction of sp³-hybridized carbons (Fsp3) is 0.364. The fourth-order valence-corrected chi connectivity index (χ4v) is 3.87. The molecule has 1 N–H and O–H groups in total. The number of benzene rings is 2. The van der Waals surface area contributed by atoms with Crippen molar-refractivity contribution in [2.75, 3.05) is 26.6 Å². The van der Waals surface area contributed by atoms with Gasteiger partial charge in [-0.1, -0.05) is 15.9 Å². The zero-order valence-electron chi connectivity index (χ0n) is 17.5. The number of anilines is 1. The Bertz CT molecular complexity index is 922. The predicted molar refractivity (Wildman–Crippen MR) is 117 cm³/mol. The Kier molecular flexibility index (Phi) is 6.55. The van der Waals surface area contributed by atoms with E-state index in [1.165, 1.54) is 21.3 Å². The zero-order chi connectivity index (χ0) is 21.9. The highest BCUT2D eigenvalue weighted by Gasteiger charge is 2.47. The van der Waals surface area contributed by atoms with E-state index in [1.54, 1.807) is 24.0 Å². The van der Waals surface area contributed by atoms with Gasteiger partial charge in [0.2, 0.25) is 17.6 Å². The van der Waals surface area contributed by atoms with E-state index in [4.69, 9.17) is 14.2 Å². The summed E-state index contributed by atoms with van der Waals surface area (Å²) in [6, 6.07) is 10.9. The van der Waals surface area contributed by atoms with Crippen LogP contribution in [0.15, 0.2) is 40.9 Å². The van der Waals surface area contributed by atoms with E-state index >= 15 is 0 Å². The number of hydrogen-bond acceptors (Lipinski definition) is 5. The summed E-state index contributed by atoms with van der Waals surface area (Å²) in [5.74, 6) is 1.19. The van der Waals surface area contributed by atoms with Gasteiger partial charge in [0.1, 0.15) is 5.54 Å². The molecule has 7 nitrogen and oxygen atoms in total. The van der Waals surface area contributed by atoms with E-state index in [9.17, 15) is 9.59 Å². The first-order chi connectivity index (χ1) is 14.3. The van der Waals surface area contributed by atoms with Gasteiger partial charge in [-0.05, 0) is 55.3 Å². The molecule has 3 rings (SSSR count). The van der Waals surface area contributed by atoms with Gasteiger partial charge in [-0.25, -0.2) is 0 Å². The molecule has 1 atom stereocenters. The van der Waals surface area contributed by atoms with Crippen LogP contribution in [-0.2, 0) is 16.1 Å². The van der Waals surface area contributed by atoms with Crippen molar-refractivity contribution in [3.8, 4) is 17.2 Å². The number of nitrogens with zero attached hydrogens (tertiary/aromatic N) is 1. The highest BCUT2D eigenvalue weighted by Crippen LogP contribution is 2.40. The molecule has 0 aliphatic carbocycles. The number of carbonyl (C=O) groups is 2. The van der Waals surface area contributed by atoms with Crippen LogP contribution in [0.3, 0.4) is 0 Å². The smallest absolute Gasteiger partial charge is 0.250 e. The van der Waals surface area contributed by atoms with E-state index in [0.29, 0.717) is 35.8 Å². The summed E-state index contributed by atoms with van der Waals surface area (Å²) >= 11 is 3.38. The van der Waals surface area contributed by atoms with E-state index in [2.05, 4.69) is 21.2 Å². The second-order valence-corrected chi connectivity index (χ2v) is 8.16. The molecule has 0 unspecified atom stereocenters. The lowest BCUT2D eigenvalue weighted by Crippen LogP contribution is -2.51. The van der Waals surface area contributed by atoms with Gasteiger partial charge in [0.25, 0.3) is 0 Å². The lowest BCUT2D eigenvalue weighted by Gasteiger charge is -2.34. The van der Waals surface area contributed by atoms with Crippen LogP contribution < -0.4 is 19.5 Å². The zero-order valence-corrected chi connectivity index (χ0v) is 19.0. The monoisotopic (exact) mass is 476 g/mol. The van der Waals surface area contributed by atoms with Crippen LogP contribution >= 0.6 is 15.9 Å². The van der Waals surface area contributed by atoms with Crippen molar-refractivity contribution in [2.24, 2.45) is 0 Å². The number of hydrogen-bond donors (Lipinski definition) is 1. The summed E-state index contributed by atoms with van der Waals surface area (Å²) in [7, 11) is 4.61. The van der Waals surface area contributed by atoms with E-state index in [1.807, 2.05) is 24.3 Å². The lowest BCUT2D eigenvalue weighted by molar-refractivity contribution is -0.138. The standard InChI is InChI=1S/C22H25BrN2O5/c1-22(21(27)24-16-7-5-15(23)6-8-16)10-9-19(26)25(22)13-14-11-17(28-2)20(30-4)18(12-14)29-3/h5-8,11-12H,9-10,13H2,1-4H3,(H,24,27)/t22-/m0/s1. The van der Waals surface area contributed by atoms with Crippen molar-refractivity contribution in [1.82, 2.24) is 4.90 Å². The molecule has 0 spiro atoms. The topological polar surface area (TPSA) is 77.1 Å². The van der Waals surface area contributed by atoms with E-state index in [-0.39, 0.29) is 18.4 Å². The van der Waals surface area contributed by atoms with Crippen LogP contribution in [0, 0.1) is 0 Å². The number of halogens is 1. The summed E-state index contributed by atoms with van der Waals surface area (Å²) in [5, 5.41) is 2.93. The number of amides is 2. The fourth-order valence-electron chi connectivity index (χ4n) is 3.60. The summed E-state index contributed by atoms with van der Waals surface area (Å²) in [4.78, 5) is 27.4. The Labute approximate surface area is 184 Å². The average molecular weight is 477 g/mol. The third-order valence-corrected chi connectivity index (χ3v) is 5.91. The number of ether oxygens (including phenoxy) is 3. The van der Waals surface area contributed by atoms with Crippen molar-refractivity contribution < 1.29 is 23.8 Å². The maximum Gasteiger partial charge on any atom is 0.250 e. The molecule has 0 radical (unpaired) electrons. The Hall–Kier alpha value is -2.74. The Balaban J connectivity index is 1.87. The van der Waals surface area contributed by atoms with Crippen LogP contribution in [-0.4, -0.2) is 43.6 Å². The number of likely N-dealkylation sites (tertiary alicyclic amines) is 1. The van der Waals surface area contributed by atoms with Gasteiger partial charge >= 0.3 is 0 Å². The number of nitrogens with one attached hydrogen (secondary N) is 1. The molecule has 30 heavy (non-hydrogen) atoms. The van der Waals surface area contributed by atoms with Crippen LogP contribution in [0.4, 0.5) is 5.69 Å². The van der Waals surface area contributed by atoms with Gasteiger partial charge in [0.15, 0.2) is 11.5 Å². The van der Waals surface area contributed by atoms with Crippen molar-refractivity contribution in [3.63, 3.8) is 0 Å². The minimum absolute atomic E-state index is 0.0720. The first kappa shape index (κ1) is 22.0. The molecule has 2 aromatic rings. The first-order valence-electron chi connectivity index (χ1n) is 9.48. The third kappa shape index (κ3) is 4.23. The number of carbonyl (C=O) groups excluding carboxylic acids is 2. The highest BCUT2D eigenvalue weighted by molar-refractivity contribution is 9.10. The average Bonchev–Trinajstić information content (AvgIpc) is 3.04. The SMILES string of the molecule is COc1cc(CN2C(=O)CC[C@@]2(C)C(=O)Nc2ccc(Br)cc2)cc(OC)c1OC. The largest absolute Gasteiger partial charge is 0.493 e. The molecule has 1 heterocycles. The molecule has 2 amide bonds. The normalized spacial score (nSPS) is 18.3. The van der Waals surface area contributed by atoms with Gasteiger partial charge < -0.3 is 24.4 Å². The maximum atomic E-state index is 13.1. The molecule has 0 bridgehead atoms. The molecule has 1 fully saturated rings. The number of methoxy groups -OCH3 is 3. The van der Waals surface area contributed by atoms with Gasteiger partial charge in [0.05, 0.1) is 21.3 Å². The summed E-state index contributed by atoms with van der Waals surface area (Å²) < 4.78 is 17.1. The first-order valence-corrected chi connectivity index (χ1v) is 10.3. The second kappa shape index (κ2) is 8.95. The summed E-state index contributed by atoms with van der Waals surface area (Å²) in [6.45, 7) is 2.05. The van der Waals surface area contributed by atoms with Gasteiger partial charge in [0, 0.05) is 23.1 Å². The predicted octanol–water partition coefficient (Wildman–Crippen LogP) is 3.99. The van der Waals surface area contributed by atoms with Crippen LogP contribution in [0.2, 0.25) is 0 Å². The summed E-state index contributed by atoms with van der Waals surface area (Å²) in [6.07, 6.45) is 0.757. The van der Waals surface area contributed by atoms with E-state index in [0.717, 1.165) is 10.0 Å². The molecule has 0 aromatic heterocycles. The molecule has 8 heteroatoms. The Morgan fingerprint density at radius 2 is 1.70 bits per heavy atom. The molecule has 1 saturated heterocycles. The maximum absolute atomic E-state index is 13.1. The van der Waals surface area contributed by atoms with Crippen molar-refractivity contribution in [3.05, 3.63) is 46.4 Å². The van der Waals surface area contributed by atoms with Crippen molar-refractivity contribution >= 4 is 33.4 Å². The minimum Gasteiger partial charge on any atom is -0.493 e. The molecule has 0 saturated carbocycles. The highest BCUT2D eigenvalue weighted by atomic mass is 79.9. The summed E-state index contributed by atoms with van der Waals surface area (Å²) in [5.41, 5.74) is 0.490. The van der Waals surface area contributed by atoms with Gasteiger partial charge in [-0.2, -0.15) is 0 Å². The second-order valence-electron chi connectivity index (χ2n) is 7.25. The minimum atomic E-state index is -0.968.